The van der Waals surface area contributed by atoms with Crippen LogP contribution in [-0.4, -0.2) is 18.3 Å². The Labute approximate surface area is 96.4 Å². The number of rotatable bonds is 4. The summed E-state index contributed by atoms with van der Waals surface area (Å²) in [6, 6.07) is 5.99. The van der Waals surface area contributed by atoms with E-state index in [2.05, 4.69) is 19.2 Å². The van der Waals surface area contributed by atoms with E-state index in [0.29, 0.717) is 29.5 Å². The molecule has 88 valence electrons. The minimum Gasteiger partial charge on any atom is -0.507 e. The van der Waals surface area contributed by atoms with Crippen molar-refractivity contribution >= 4 is 0 Å². The second kappa shape index (κ2) is 3.98. The Kier molecular flexibility index (Phi) is 2.80. The molecule has 0 radical (unpaired) electrons. The normalized spacial score (nSPS) is 21.8. The van der Waals surface area contributed by atoms with Gasteiger partial charge < -0.3 is 15.2 Å². The number of hydrogen-bond donors (Lipinski definition) is 2. The summed E-state index contributed by atoms with van der Waals surface area (Å²) >= 11 is 0. The Balaban J connectivity index is 1.95. The Morgan fingerprint density at radius 2 is 2.19 bits per heavy atom. The number of benzene rings is 1. The number of ether oxygens (including phenoxy) is 1. The maximum atomic E-state index is 9.77. The molecule has 0 bridgehead atoms. The zero-order chi connectivity index (χ0) is 11.8. The molecule has 2 rings (SSSR count). The standard InChI is InChI=1S/C13H19NO2/c1-13(2)7-12(13)14-8-9-4-5-10(16-3)6-11(9)15/h4-6,12,14-15H,7-8H2,1-3H3. The predicted octanol–water partition coefficient (Wildman–Crippen LogP) is 2.29. The molecule has 0 aliphatic heterocycles. The molecule has 2 N–H and O–H groups in total. The molecule has 16 heavy (non-hydrogen) atoms. The number of nitrogens with one attached hydrogen (secondary N) is 1. The predicted molar refractivity (Wildman–Crippen MR) is 63.7 cm³/mol. The van der Waals surface area contributed by atoms with Gasteiger partial charge in [-0.15, -0.1) is 0 Å². The number of hydrogen-bond acceptors (Lipinski definition) is 3. The molecule has 1 saturated carbocycles. The molecule has 3 heteroatoms. The maximum Gasteiger partial charge on any atom is 0.123 e. The lowest BCUT2D eigenvalue weighted by Gasteiger charge is -2.09. The molecule has 1 fully saturated rings. The van der Waals surface area contributed by atoms with E-state index in [9.17, 15) is 5.11 Å². The lowest BCUT2D eigenvalue weighted by atomic mass is 10.1. The Morgan fingerprint density at radius 3 is 2.69 bits per heavy atom. The third-order valence-corrected chi connectivity index (χ3v) is 3.34. The molecule has 1 aromatic carbocycles. The second-order valence-electron chi connectivity index (χ2n) is 5.12. The summed E-state index contributed by atoms with van der Waals surface area (Å²) in [6.07, 6.45) is 1.21. The van der Waals surface area contributed by atoms with Crippen LogP contribution >= 0.6 is 0 Å². The van der Waals surface area contributed by atoms with E-state index < -0.39 is 0 Å². The van der Waals surface area contributed by atoms with Crippen LogP contribution in [0.2, 0.25) is 0 Å². The van der Waals surface area contributed by atoms with Crippen molar-refractivity contribution in [2.75, 3.05) is 7.11 Å². The van der Waals surface area contributed by atoms with Crippen molar-refractivity contribution in [1.82, 2.24) is 5.32 Å². The van der Waals surface area contributed by atoms with E-state index in [1.54, 1.807) is 13.2 Å². The van der Waals surface area contributed by atoms with Gasteiger partial charge in [0.1, 0.15) is 11.5 Å². The zero-order valence-electron chi connectivity index (χ0n) is 10.1. The Bertz CT molecular complexity index is 388. The van der Waals surface area contributed by atoms with Crippen LogP contribution < -0.4 is 10.1 Å². The zero-order valence-corrected chi connectivity index (χ0v) is 10.1. The highest BCUT2D eigenvalue weighted by Gasteiger charge is 2.45. The SMILES string of the molecule is COc1ccc(CNC2CC2(C)C)c(O)c1. The third-order valence-electron chi connectivity index (χ3n) is 3.34. The molecule has 0 saturated heterocycles. The summed E-state index contributed by atoms with van der Waals surface area (Å²) in [5, 5.41) is 13.2. The van der Waals surface area contributed by atoms with Gasteiger partial charge in [0.2, 0.25) is 0 Å². The van der Waals surface area contributed by atoms with Crippen LogP contribution in [0.1, 0.15) is 25.8 Å². The van der Waals surface area contributed by atoms with Gasteiger partial charge in [-0.25, -0.2) is 0 Å². The summed E-state index contributed by atoms with van der Waals surface area (Å²) < 4.78 is 5.04. The van der Waals surface area contributed by atoms with Crippen molar-refractivity contribution in [3.63, 3.8) is 0 Å². The van der Waals surface area contributed by atoms with Crippen molar-refractivity contribution < 1.29 is 9.84 Å². The van der Waals surface area contributed by atoms with E-state index in [4.69, 9.17) is 4.74 Å². The molecular weight excluding hydrogens is 202 g/mol. The average Bonchev–Trinajstić information content (AvgIpc) is 2.84. The fraction of sp³-hybridized carbons (Fsp3) is 0.538. The summed E-state index contributed by atoms with van der Waals surface area (Å²) in [5.41, 5.74) is 1.34. The minimum absolute atomic E-state index is 0.297. The highest BCUT2D eigenvalue weighted by molar-refractivity contribution is 5.39. The Hall–Kier alpha value is -1.22. The van der Waals surface area contributed by atoms with Gasteiger partial charge in [0.05, 0.1) is 7.11 Å². The summed E-state index contributed by atoms with van der Waals surface area (Å²) in [4.78, 5) is 0. The average molecular weight is 221 g/mol. The molecule has 0 amide bonds. The number of aromatic hydroxyl groups is 1. The van der Waals surface area contributed by atoms with Crippen LogP contribution in [0.3, 0.4) is 0 Å². The van der Waals surface area contributed by atoms with Crippen LogP contribution in [0.15, 0.2) is 18.2 Å². The number of phenols is 1. The Morgan fingerprint density at radius 1 is 1.50 bits per heavy atom. The summed E-state index contributed by atoms with van der Waals surface area (Å²) in [7, 11) is 1.60. The monoisotopic (exact) mass is 221 g/mol. The molecule has 0 aromatic heterocycles. The van der Waals surface area contributed by atoms with E-state index in [-0.39, 0.29) is 0 Å². The lowest BCUT2D eigenvalue weighted by Crippen LogP contribution is -2.19. The smallest absolute Gasteiger partial charge is 0.123 e. The first kappa shape index (κ1) is 11.3. The highest BCUT2D eigenvalue weighted by atomic mass is 16.5. The number of phenolic OH excluding ortho intramolecular Hbond substituents is 1. The van der Waals surface area contributed by atoms with Gasteiger partial charge in [-0.1, -0.05) is 19.9 Å². The van der Waals surface area contributed by atoms with Crippen molar-refractivity contribution in [3.8, 4) is 11.5 Å². The minimum atomic E-state index is 0.297. The van der Waals surface area contributed by atoms with Gasteiger partial charge in [0, 0.05) is 24.2 Å². The van der Waals surface area contributed by atoms with E-state index in [1.165, 1.54) is 6.42 Å². The van der Waals surface area contributed by atoms with E-state index in [0.717, 1.165) is 5.56 Å². The van der Waals surface area contributed by atoms with Crippen molar-refractivity contribution in [1.29, 1.82) is 0 Å². The van der Waals surface area contributed by atoms with Crippen molar-refractivity contribution in [2.24, 2.45) is 5.41 Å². The molecule has 1 aliphatic rings. The molecular formula is C13H19NO2. The van der Waals surface area contributed by atoms with Crippen molar-refractivity contribution in [2.45, 2.75) is 32.9 Å². The quantitative estimate of drug-likeness (QED) is 0.819. The molecule has 0 spiro atoms. The first-order chi connectivity index (χ1) is 7.53. The topological polar surface area (TPSA) is 41.5 Å². The van der Waals surface area contributed by atoms with Crippen LogP contribution in [0.4, 0.5) is 0 Å². The molecule has 3 nitrogen and oxygen atoms in total. The second-order valence-corrected chi connectivity index (χ2v) is 5.12. The van der Waals surface area contributed by atoms with Crippen LogP contribution in [0.25, 0.3) is 0 Å². The number of methoxy groups -OCH3 is 1. The van der Waals surface area contributed by atoms with E-state index >= 15 is 0 Å². The third kappa shape index (κ3) is 2.30. The van der Waals surface area contributed by atoms with Gasteiger partial charge >= 0.3 is 0 Å². The molecule has 1 atom stereocenters. The van der Waals surface area contributed by atoms with Crippen LogP contribution in [-0.2, 0) is 6.54 Å². The van der Waals surface area contributed by atoms with Gasteiger partial charge in [-0.2, -0.15) is 0 Å². The van der Waals surface area contributed by atoms with Gasteiger partial charge in [-0.3, -0.25) is 0 Å². The highest BCUT2D eigenvalue weighted by Crippen LogP contribution is 2.44. The molecule has 0 heterocycles. The first-order valence-electron chi connectivity index (χ1n) is 5.62. The van der Waals surface area contributed by atoms with Gasteiger partial charge in [0.25, 0.3) is 0 Å². The van der Waals surface area contributed by atoms with E-state index in [1.807, 2.05) is 12.1 Å². The summed E-state index contributed by atoms with van der Waals surface area (Å²) in [5.74, 6) is 0.985. The van der Waals surface area contributed by atoms with Gasteiger partial charge in [0.15, 0.2) is 0 Å². The molecule has 1 aliphatic carbocycles. The molecule has 1 aromatic rings. The van der Waals surface area contributed by atoms with Crippen LogP contribution in [0.5, 0.6) is 11.5 Å². The fourth-order valence-electron chi connectivity index (χ4n) is 1.87. The maximum absolute atomic E-state index is 9.77. The lowest BCUT2D eigenvalue weighted by molar-refractivity contribution is 0.405. The molecule has 1 unspecified atom stereocenters. The van der Waals surface area contributed by atoms with Crippen LogP contribution in [0, 0.1) is 5.41 Å². The first-order valence-corrected chi connectivity index (χ1v) is 5.62. The van der Waals surface area contributed by atoms with Gasteiger partial charge in [-0.05, 0) is 17.9 Å². The largest absolute Gasteiger partial charge is 0.507 e. The fourth-order valence-corrected chi connectivity index (χ4v) is 1.87. The van der Waals surface area contributed by atoms with Crippen molar-refractivity contribution in [3.05, 3.63) is 23.8 Å². The summed E-state index contributed by atoms with van der Waals surface area (Å²) in [6.45, 7) is 5.21.